The fraction of sp³-hybridized carbons (Fsp3) is 0.303. The first-order chi connectivity index (χ1) is 19.8. The van der Waals surface area contributed by atoms with Crippen molar-refractivity contribution in [3.8, 4) is 17.0 Å². The number of carbonyl (C=O) groups excluding carboxylic acids is 1. The third-order valence-electron chi connectivity index (χ3n) is 6.67. The molecule has 214 valence electrons. The molecule has 8 heteroatoms. The van der Waals surface area contributed by atoms with E-state index in [1.807, 2.05) is 49.3 Å². The Bertz CT molecular complexity index is 1560. The fourth-order valence-corrected chi connectivity index (χ4v) is 4.43. The minimum absolute atomic E-state index is 0.166. The van der Waals surface area contributed by atoms with Gasteiger partial charge in [0.2, 0.25) is 0 Å². The van der Waals surface area contributed by atoms with E-state index in [9.17, 15) is 9.59 Å². The van der Waals surface area contributed by atoms with Gasteiger partial charge in [-0.2, -0.15) is 4.98 Å². The summed E-state index contributed by atoms with van der Waals surface area (Å²) in [6, 6.07) is 20.7. The highest BCUT2D eigenvalue weighted by Gasteiger charge is 2.15. The molecule has 0 unspecified atom stereocenters. The smallest absolute Gasteiger partial charge is 0.348 e. The van der Waals surface area contributed by atoms with E-state index < -0.39 is 5.97 Å². The topological polar surface area (TPSA) is 82.9 Å². The Morgan fingerprint density at radius 2 is 1.80 bits per heavy atom. The molecule has 0 N–H and O–H groups in total. The number of benzene rings is 3. The van der Waals surface area contributed by atoms with Crippen LogP contribution in [0.25, 0.3) is 22.2 Å². The highest BCUT2D eigenvalue weighted by molar-refractivity contribution is 5.93. The van der Waals surface area contributed by atoms with Crippen molar-refractivity contribution in [1.29, 1.82) is 0 Å². The Morgan fingerprint density at radius 3 is 2.51 bits per heavy atom. The van der Waals surface area contributed by atoms with Crippen LogP contribution >= 0.6 is 0 Å². The van der Waals surface area contributed by atoms with Crippen molar-refractivity contribution in [2.45, 2.75) is 26.3 Å². The van der Waals surface area contributed by atoms with E-state index in [-0.39, 0.29) is 18.8 Å². The molecule has 0 aliphatic heterocycles. The average Bonchev–Trinajstić information content (AvgIpc) is 2.96. The fourth-order valence-electron chi connectivity index (χ4n) is 4.43. The molecule has 41 heavy (non-hydrogen) atoms. The van der Waals surface area contributed by atoms with E-state index in [0.29, 0.717) is 41.7 Å². The molecule has 0 atom stereocenters. The van der Waals surface area contributed by atoms with Crippen molar-refractivity contribution >= 4 is 16.9 Å². The monoisotopic (exact) mass is 555 g/mol. The van der Waals surface area contributed by atoms with Crippen LogP contribution in [0.2, 0.25) is 0 Å². The Morgan fingerprint density at radius 1 is 1.02 bits per heavy atom. The number of hydrogen-bond donors (Lipinski definition) is 0. The van der Waals surface area contributed by atoms with Crippen molar-refractivity contribution in [1.82, 2.24) is 14.5 Å². The summed E-state index contributed by atoms with van der Waals surface area (Å²) < 4.78 is 18.0. The van der Waals surface area contributed by atoms with Crippen molar-refractivity contribution in [3.05, 3.63) is 107 Å². The maximum atomic E-state index is 13.4. The van der Waals surface area contributed by atoms with Gasteiger partial charge in [-0.3, -0.25) is 4.57 Å². The molecule has 1 aromatic heterocycles. The molecular weight excluding hydrogens is 518 g/mol. The highest BCUT2D eigenvalue weighted by atomic mass is 16.6. The summed E-state index contributed by atoms with van der Waals surface area (Å²) >= 11 is 0. The van der Waals surface area contributed by atoms with Gasteiger partial charge in [-0.15, -0.1) is 0 Å². The molecule has 0 fully saturated rings. The van der Waals surface area contributed by atoms with Crippen LogP contribution in [0.4, 0.5) is 0 Å². The summed E-state index contributed by atoms with van der Waals surface area (Å²) in [6.07, 6.45) is 1.36. The number of aromatic nitrogens is 2. The molecule has 4 rings (SSSR count). The van der Waals surface area contributed by atoms with Crippen molar-refractivity contribution in [2.75, 3.05) is 40.5 Å². The molecule has 0 saturated heterocycles. The first-order valence-electron chi connectivity index (χ1n) is 13.7. The zero-order chi connectivity index (χ0) is 29.4. The van der Waals surface area contributed by atoms with Gasteiger partial charge >= 0.3 is 11.7 Å². The maximum absolute atomic E-state index is 13.4. The quantitative estimate of drug-likeness (QED) is 0.123. The van der Waals surface area contributed by atoms with Gasteiger partial charge in [0.25, 0.3) is 0 Å². The van der Waals surface area contributed by atoms with E-state index in [1.54, 1.807) is 28.8 Å². The van der Waals surface area contributed by atoms with Gasteiger partial charge in [0.05, 0.1) is 42.8 Å². The maximum Gasteiger partial charge on any atom is 0.348 e. The number of ether oxygens (including phenoxy) is 3. The lowest BCUT2D eigenvalue weighted by atomic mass is 9.99. The van der Waals surface area contributed by atoms with Gasteiger partial charge < -0.3 is 19.1 Å². The first-order valence-corrected chi connectivity index (χ1v) is 13.7. The van der Waals surface area contributed by atoms with E-state index in [1.165, 1.54) is 11.8 Å². The molecule has 0 aliphatic carbocycles. The number of fused-ring (bicyclic) bond motifs is 1. The molecule has 3 aromatic carbocycles. The minimum atomic E-state index is -0.440. The van der Waals surface area contributed by atoms with Crippen LogP contribution in [0.5, 0.6) is 5.75 Å². The Hall–Kier alpha value is -4.27. The second kappa shape index (κ2) is 13.9. The molecule has 1 heterocycles. The summed E-state index contributed by atoms with van der Waals surface area (Å²) in [5.41, 5.74) is 4.12. The van der Waals surface area contributed by atoms with Gasteiger partial charge in [-0.25, -0.2) is 9.59 Å². The lowest BCUT2D eigenvalue weighted by molar-refractivity contribution is 0.0299. The largest absolute Gasteiger partial charge is 0.466 e. The lowest BCUT2D eigenvalue weighted by Crippen LogP contribution is -2.25. The molecule has 0 amide bonds. The summed E-state index contributed by atoms with van der Waals surface area (Å²) in [7, 11) is 3.94. The number of rotatable bonds is 13. The second-order valence-corrected chi connectivity index (χ2v) is 10.3. The van der Waals surface area contributed by atoms with E-state index in [4.69, 9.17) is 14.2 Å². The number of nitrogens with zero attached hydrogens (tertiary/aromatic N) is 3. The average molecular weight is 556 g/mol. The molecular formula is C33H37N3O5. The van der Waals surface area contributed by atoms with Crippen molar-refractivity contribution in [2.24, 2.45) is 0 Å². The zero-order valence-corrected chi connectivity index (χ0v) is 24.1. The third kappa shape index (κ3) is 7.68. The van der Waals surface area contributed by atoms with E-state index in [2.05, 4.69) is 37.5 Å². The van der Waals surface area contributed by atoms with E-state index >= 15 is 0 Å². The number of carbonyl (C=O) groups is 1. The number of hydrogen-bond acceptors (Lipinski definition) is 7. The molecule has 0 spiro atoms. The van der Waals surface area contributed by atoms with Crippen LogP contribution in [0.15, 0.2) is 84.4 Å². The predicted molar refractivity (Wildman–Crippen MR) is 162 cm³/mol. The molecule has 0 aliphatic rings. The lowest BCUT2D eigenvalue weighted by Gasteiger charge is -2.15. The van der Waals surface area contributed by atoms with Crippen LogP contribution in [-0.4, -0.2) is 60.9 Å². The van der Waals surface area contributed by atoms with E-state index in [0.717, 1.165) is 23.1 Å². The standard InChI is InChI=1S/C33H37N3O5/c1-6-40-28-14-15-30-29(21-28)31(26-12-10-25(11-13-26)23(2)3)34-33(38)36(30)22-24-8-7-9-27(20-24)32(37)41-19-18-39-17-16-35(4)5/h6-15,20-21,23H,1,16-19,22H2,2-5H3. The number of likely N-dealkylation sites (N-methyl/N-ethyl adjacent to an activating group) is 1. The first kappa shape index (κ1) is 29.7. The van der Waals surface area contributed by atoms with Gasteiger partial charge in [0.15, 0.2) is 0 Å². The van der Waals surface area contributed by atoms with Crippen LogP contribution in [0.3, 0.4) is 0 Å². The van der Waals surface area contributed by atoms with Gasteiger partial charge in [-0.1, -0.05) is 56.8 Å². The molecule has 0 bridgehead atoms. The van der Waals surface area contributed by atoms with Gasteiger partial charge in [-0.05, 0) is 61.5 Å². The predicted octanol–water partition coefficient (Wildman–Crippen LogP) is 5.49. The van der Waals surface area contributed by atoms with Crippen molar-refractivity contribution in [3.63, 3.8) is 0 Å². The normalized spacial score (nSPS) is 11.3. The second-order valence-electron chi connectivity index (χ2n) is 10.3. The Balaban J connectivity index is 1.60. The highest BCUT2D eigenvalue weighted by Crippen LogP contribution is 2.30. The Labute approximate surface area is 240 Å². The van der Waals surface area contributed by atoms with Crippen LogP contribution in [0, 0.1) is 0 Å². The Kier molecular flexibility index (Phi) is 10.1. The summed E-state index contributed by atoms with van der Waals surface area (Å²) in [6.45, 7) is 10.0. The summed E-state index contributed by atoms with van der Waals surface area (Å²) in [5, 5.41) is 0.770. The SMILES string of the molecule is C=COc1ccc2c(c1)c(-c1ccc(C(C)C)cc1)nc(=O)n2Cc1cccc(C(=O)OCCOCCN(C)C)c1. The van der Waals surface area contributed by atoms with Crippen molar-refractivity contribution < 1.29 is 19.0 Å². The molecule has 0 radical (unpaired) electrons. The van der Waals surface area contributed by atoms with Gasteiger partial charge in [0.1, 0.15) is 12.4 Å². The summed E-state index contributed by atoms with van der Waals surface area (Å²) in [4.78, 5) is 32.6. The molecule has 4 aromatic rings. The molecule has 8 nitrogen and oxygen atoms in total. The number of esters is 1. The van der Waals surface area contributed by atoms with Crippen LogP contribution in [-0.2, 0) is 16.0 Å². The third-order valence-corrected chi connectivity index (χ3v) is 6.67. The van der Waals surface area contributed by atoms with Crippen LogP contribution in [0.1, 0.15) is 41.3 Å². The molecule has 0 saturated carbocycles. The summed E-state index contributed by atoms with van der Waals surface area (Å²) in [5.74, 6) is 0.545. The zero-order valence-electron chi connectivity index (χ0n) is 24.1. The van der Waals surface area contributed by atoms with Crippen LogP contribution < -0.4 is 10.4 Å². The minimum Gasteiger partial charge on any atom is -0.466 e. The van der Waals surface area contributed by atoms with Gasteiger partial charge in [0, 0.05) is 17.5 Å².